The van der Waals surface area contributed by atoms with Crippen molar-refractivity contribution in [3.05, 3.63) is 54.2 Å². The SMILES string of the molecule is CC(Oc1ccccc1)C(=O)N[C@H]1C[C@H]2CC[C@@H](C1)N2c1ccc(C(=O)NC2CC2)cn1. The Hall–Kier alpha value is -3.09. The van der Waals surface area contributed by atoms with Gasteiger partial charge in [-0.05, 0) is 69.7 Å². The van der Waals surface area contributed by atoms with E-state index in [9.17, 15) is 9.59 Å². The van der Waals surface area contributed by atoms with Gasteiger partial charge < -0.3 is 20.3 Å². The van der Waals surface area contributed by atoms with E-state index in [1.165, 1.54) is 0 Å². The summed E-state index contributed by atoms with van der Waals surface area (Å²) >= 11 is 0. The summed E-state index contributed by atoms with van der Waals surface area (Å²) in [6.45, 7) is 1.79. The lowest BCUT2D eigenvalue weighted by Crippen LogP contribution is -2.52. The van der Waals surface area contributed by atoms with Crippen molar-refractivity contribution in [1.29, 1.82) is 0 Å². The summed E-state index contributed by atoms with van der Waals surface area (Å²) in [5.74, 6) is 1.51. The highest BCUT2D eigenvalue weighted by atomic mass is 16.5. The van der Waals surface area contributed by atoms with Crippen LogP contribution in [0.2, 0.25) is 0 Å². The fourth-order valence-electron chi connectivity index (χ4n) is 4.91. The lowest BCUT2D eigenvalue weighted by molar-refractivity contribution is -0.128. The maximum atomic E-state index is 12.7. The summed E-state index contributed by atoms with van der Waals surface area (Å²) in [6, 6.07) is 14.4. The fraction of sp³-hybridized carbons (Fsp3) is 0.480. The van der Waals surface area contributed by atoms with Crippen LogP contribution in [-0.4, -0.2) is 47.1 Å². The van der Waals surface area contributed by atoms with Crippen molar-refractivity contribution in [1.82, 2.24) is 15.6 Å². The number of para-hydroxylation sites is 1. The minimum absolute atomic E-state index is 0.0391. The Morgan fingerprint density at radius 2 is 1.69 bits per heavy atom. The molecule has 1 aromatic heterocycles. The number of aromatic nitrogens is 1. The molecule has 32 heavy (non-hydrogen) atoms. The molecule has 5 rings (SSSR count). The van der Waals surface area contributed by atoms with Gasteiger partial charge in [0.25, 0.3) is 11.8 Å². The Labute approximate surface area is 188 Å². The first-order valence-electron chi connectivity index (χ1n) is 11.6. The summed E-state index contributed by atoms with van der Waals surface area (Å²) in [4.78, 5) is 31.9. The molecule has 1 saturated carbocycles. The van der Waals surface area contributed by atoms with Gasteiger partial charge in [0.05, 0.1) is 5.56 Å². The molecule has 3 aliphatic rings. The molecule has 2 aromatic rings. The molecule has 2 amide bonds. The van der Waals surface area contributed by atoms with Crippen LogP contribution >= 0.6 is 0 Å². The number of carbonyl (C=O) groups is 2. The number of hydrogen-bond acceptors (Lipinski definition) is 5. The molecule has 7 heteroatoms. The van der Waals surface area contributed by atoms with Gasteiger partial charge in [-0.1, -0.05) is 18.2 Å². The van der Waals surface area contributed by atoms with E-state index >= 15 is 0 Å². The van der Waals surface area contributed by atoms with Gasteiger partial charge in [-0.15, -0.1) is 0 Å². The normalized spacial score (nSPS) is 25.2. The van der Waals surface area contributed by atoms with Gasteiger partial charge in [0.15, 0.2) is 6.10 Å². The number of ether oxygens (including phenoxy) is 1. The molecule has 2 N–H and O–H groups in total. The van der Waals surface area contributed by atoms with Gasteiger partial charge in [0, 0.05) is 30.4 Å². The Bertz CT molecular complexity index is 947. The number of hydrogen-bond donors (Lipinski definition) is 2. The zero-order chi connectivity index (χ0) is 22.1. The summed E-state index contributed by atoms with van der Waals surface area (Å²) in [7, 11) is 0. The predicted octanol–water partition coefficient (Wildman–Crippen LogP) is 3.06. The molecule has 168 valence electrons. The van der Waals surface area contributed by atoms with E-state index < -0.39 is 6.10 Å². The number of nitrogens with zero attached hydrogens (tertiary/aromatic N) is 2. The lowest BCUT2D eigenvalue weighted by Gasteiger charge is -2.40. The van der Waals surface area contributed by atoms with Gasteiger partial charge in [-0.2, -0.15) is 0 Å². The molecule has 2 aliphatic heterocycles. The molecular weight excluding hydrogens is 404 g/mol. The molecule has 1 aromatic carbocycles. The third kappa shape index (κ3) is 4.56. The second-order valence-corrected chi connectivity index (χ2v) is 9.20. The van der Waals surface area contributed by atoms with Crippen molar-refractivity contribution >= 4 is 17.6 Å². The van der Waals surface area contributed by atoms with Crippen molar-refractivity contribution in [2.45, 2.75) is 75.7 Å². The Morgan fingerprint density at radius 3 is 2.31 bits per heavy atom. The van der Waals surface area contributed by atoms with Crippen molar-refractivity contribution < 1.29 is 14.3 Å². The molecule has 1 aliphatic carbocycles. The molecule has 2 saturated heterocycles. The number of benzene rings is 1. The van der Waals surface area contributed by atoms with Crippen LogP contribution in [0.25, 0.3) is 0 Å². The van der Waals surface area contributed by atoms with E-state index in [-0.39, 0.29) is 17.9 Å². The van der Waals surface area contributed by atoms with Crippen LogP contribution in [0.1, 0.15) is 55.8 Å². The summed E-state index contributed by atoms with van der Waals surface area (Å²) in [5.41, 5.74) is 0.613. The van der Waals surface area contributed by atoms with Gasteiger partial charge >= 0.3 is 0 Å². The average molecular weight is 435 g/mol. The Morgan fingerprint density at radius 1 is 0.969 bits per heavy atom. The van der Waals surface area contributed by atoms with E-state index in [4.69, 9.17) is 4.74 Å². The molecule has 3 heterocycles. The highest BCUT2D eigenvalue weighted by Gasteiger charge is 2.42. The monoisotopic (exact) mass is 434 g/mol. The van der Waals surface area contributed by atoms with E-state index in [0.717, 1.165) is 44.3 Å². The maximum Gasteiger partial charge on any atom is 0.260 e. The number of amides is 2. The average Bonchev–Trinajstić information content (AvgIpc) is 3.57. The summed E-state index contributed by atoms with van der Waals surface area (Å²) in [6.07, 6.45) is 7.27. The second kappa shape index (κ2) is 8.81. The van der Waals surface area contributed by atoms with Crippen LogP contribution in [0, 0.1) is 0 Å². The number of piperidine rings is 1. The molecule has 3 fully saturated rings. The van der Waals surface area contributed by atoms with Crippen molar-refractivity contribution in [3.63, 3.8) is 0 Å². The maximum absolute atomic E-state index is 12.7. The van der Waals surface area contributed by atoms with Gasteiger partial charge in [0.1, 0.15) is 11.6 Å². The van der Waals surface area contributed by atoms with Gasteiger partial charge in [-0.25, -0.2) is 4.98 Å². The van der Waals surface area contributed by atoms with Crippen LogP contribution in [0.3, 0.4) is 0 Å². The quantitative estimate of drug-likeness (QED) is 0.700. The molecule has 7 nitrogen and oxygen atoms in total. The molecule has 2 bridgehead atoms. The molecule has 0 spiro atoms. The molecule has 4 atom stereocenters. The summed E-state index contributed by atoms with van der Waals surface area (Å²) in [5, 5.41) is 6.20. The second-order valence-electron chi connectivity index (χ2n) is 9.20. The van der Waals surface area contributed by atoms with E-state index in [0.29, 0.717) is 29.4 Å². The molecule has 1 unspecified atom stereocenters. The number of carbonyl (C=O) groups excluding carboxylic acids is 2. The first-order chi connectivity index (χ1) is 15.6. The Balaban J connectivity index is 1.17. The van der Waals surface area contributed by atoms with Crippen LogP contribution in [0.15, 0.2) is 48.7 Å². The third-order valence-corrected chi connectivity index (χ3v) is 6.69. The zero-order valence-electron chi connectivity index (χ0n) is 18.4. The molecule has 0 radical (unpaired) electrons. The van der Waals surface area contributed by atoms with Crippen LogP contribution in [0.5, 0.6) is 5.75 Å². The lowest BCUT2D eigenvalue weighted by atomic mass is 9.97. The highest BCUT2D eigenvalue weighted by molar-refractivity contribution is 5.94. The van der Waals surface area contributed by atoms with Crippen LogP contribution in [-0.2, 0) is 4.79 Å². The summed E-state index contributed by atoms with van der Waals surface area (Å²) < 4.78 is 5.77. The standard InChI is InChI=1S/C25H30N4O3/c1-16(32-22-5-3-2-4-6-22)24(30)28-19-13-20-10-11-21(14-19)29(20)23-12-7-17(15-26-23)25(31)27-18-8-9-18/h2-7,12,15-16,18-21H,8-11,13-14H2,1H3,(H,27,31)(H,28,30)/t16?,19-,20+,21-. The number of nitrogens with one attached hydrogen (secondary N) is 2. The number of rotatable bonds is 7. The van der Waals surface area contributed by atoms with Crippen LogP contribution in [0.4, 0.5) is 5.82 Å². The smallest absolute Gasteiger partial charge is 0.260 e. The zero-order valence-corrected chi connectivity index (χ0v) is 18.4. The highest BCUT2D eigenvalue weighted by Crippen LogP contribution is 2.38. The van der Waals surface area contributed by atoms with Crippen molar-refractivity contribution in [2.24, 2.45) is 0 Å². The minimum Gasteiger partial charge on any atom is -0.481 e. The number of pyridine rings is 1. The Kier molecular flexibility index (Phi) is 5.72. The largest absolute Gasteiger partial charge is 0.481 e. The van der Waals surface area contributed by atoms with E-state index in [1.807, 2.05) is 42.5 Å². The van der Waals surface area contributed by atoms with Crippen LogP contribution < -0.4 is 20.3 Å². The number of fused-ring (bicyclic) bond motifs is 2. The minimum atomic E-state index is -0.538. The van der Waals surface area contributed by atoms with Gasteiger partial charge in [0.2, 0.25) is 0 Å². The first kappa shape index (κ1) is 20.8. The van der Waals surface area contributed by atoms with Gasteiger partial charge in [-0.3, -0.25) is 9.59 Å². The van der Waals surface area contributed by atoms with E-state index in [1.54, 1.807) is 13.1 Å². The molecular formula is C25H30N4O3. The first-order valence-corrected chi connectivity index (χ1v) is 11.6. The van der Waals surface area contributed by atoms with Crippen molar-refractivity contribution in [3.8, 4) is 5.75 Å². The van der Waals surface area contributed by atoms with Crippen molar-refractivity contribution in [2.75, 3.05) is 4.90 Å². The predicted molar refractivity (Wildman–Crippen MR) is 122 cm³/mol. The van der Waals surface area contributed by atoms with E-state index in [2.05, 4.69) is 20.5 Å². The number of anilines is 1. The third-order valence-electron chi connectivity index (χ3n) is 6.69. The fourth-order valence-corrected chi connectivity index (χ4v) is 4.91. The topological polar surface area (TPSA) is 83.6 Å².